The molecule has 0 radical (unpaired) electrons. The lowest BCUT2D eigenvalue weighted by Gasteiger charge is -2.08. The summed E-state index contributed by atoms with van der Waals surface area (Å²) in [5.74, 6) is -0.426. The van der Waals surface area contributed by atoms with E-state index in [1.807, 2.05) is 30.5 Å². The summed E-state index contributed by atoms with van der Waals surface area (Å²) in [5, 5.41) is 6.55. The van der Waals surface area contributed by atoms with Crippen LogP contribution < -0.4 is 10.6 Å². The van der Waals surface area contributed by atoms with Gasteiger partial charge in [-0.05, 0) is 42.7 Å². The molecule has 7 nitrogen and oxygen atoms in total. The molecular weight excluding hydrogens is 397 g/mol. The van der Waals surface area contributed by atoms with Gasteiger partial charge in [0, 0.05) is 35.5 Å². The molecule has 0 bridgehead atoms. The maximum atomic E-state index is 13.4. The number of carbonyl (C=O) groups excluding carboxylic acids is 2. The molecule has 0 unspecified atom stereocenters. The molecule has 4 aromatic rings. The second-order valence-corrected chi connectivity index (χ2v) is 7.47. The van der Waals surface area contributed by atoms with Gasteiger partial charge in [-0.1, -0.05) is 12.1 Å². The Morgan fingerprint density at radius 2 is 1.97 bits per heavy atom. The molecule has 1 aliphatic rings. The molecule has 8 heteroatoms. The summed E-state index contributed by atoms with van der Waals surface area (Å²) in [7, 11) is 0. The minimum absolute atomic E-state index is 0.000383. The fraction of sp³-hybridized carbons (Fsp3) is 0.130. The van der Waals surface area contributed by atoms with Crippen LogP contribution in [-0.2, 0) is 4.79 Å². The molecule has 5 rings (SSSR count). The summed E-state index contributed by atoms with van der Waals surface area (Å²) in [6, 6.07) is 10.4. The zero-order chi connectivity index (χ0) is 21.4. The number of benzene rings is 1. The number of halogens is 1. The minimum Gasteiger partial charge on any atom is -0.359 e. The van der Waals surface area contributed by atoms with E-state index in [4.69, 9.17) is 0 Å². The van der Waals surface area contributed by atoms with Crippen molar-refractivity contribution in [3.63, 3.8) is 0 Å². The molecule has 31 heavy (non-hydrogen) atoms. The highest BCUT2D eigenvalue weighted by Gasteiger charge is 2.29. The van der Waals surface area contributed by atoms with Crippen LogP contribution >= 0.6 is 0 Å². The lowest BCUT2D eigenvalue weighted by atomic mass is 10.1. The number of para-hydroxylation sites is 1. The Labute approximate surface area is 176 Å². The van der Waals surface area contributed by atoms with Gasteiger partial charge < -0.3 is 15.6 Å². The third-order valence-corrected chi connectivity index (χ3v) is 5.20. The van der Waals surface area contributed by atoms with Crippen molar-refractivity contribution in [3.8, 4) is 11.1 Å². The molecule has 0 spiro atoms. The Bertz CT molecular complexity index is 1310. The van der Waals surface area contributed by atoms with Crippen molar-refractivity contribution >= 4 is 34.2 Å². The molecule has 0 saturated heterocycles. The van der Waals surface area contributed by atoms with Crippen molar-refractivity contribution in [1.29, 1.82) is 0 Å². The number of pyridine rings is 2. The number of nitrogens with zero attached hydrogens (tertiary/aromatic N) is 2. The van der Waals surface area contributed by atoms with E-state index in [1.165, 1.54) is 6.20 Å². The van der Waals surface area contributed by atoms with Gasteiger partial charge in [0.1, 0.15) is 11.6 Å². The van der Waals surface area contributed by atoms with E-state index < -0.39 is 11.7 Å². The summed E-state index contributed by atoms with van der Waals surface area (Å²) >= 11 is 0. The van der Waals surface area contributed by atoms with Crippen LogP contribution in [0.15, 0.2) is 61.2 Å². The molecule has 3 N–H and O–H groups in total. The quantitative estimate of drug-likeness (QED) is 0.451. The van der Waals surface area contributed by atoms with Gasteiger partial charge in [-0.25, -0.2) is 9.37 Å². The number of hydrogen-bond donors (Lipinski definition) is 3. The van der Waals surface area contributed by atoms with Gasteiger partial charge in [-0.15, -0.1) is 0 Å². The number of H-pyrrole nitrogens is 1. The van der Waals surface area contributed by atoms with Crippen LogP contribution in [0.1, 0.15) is 23.2 Å². The topological polar surface area (TPSA) is 99.8 Å². The number of amides is 2. The van der Waals surface area contributed by atoms with E-state index in [0.717, 1.165) is 47.1 Å². The highest BCUT2D eigenvalue weighted by Crippen LogP contribution is 2.34. The number of aromatic amines is 1. The van der Waals surface area contributed by atoms with Crippen molar-refractivity contribution < 1.29 is 14.0 Å². The summed E-state index contributed by atoms with van der Waals surface area (Å²) < 4.78 is 13.4. The van der Waals surface area contributed by atoms with Crippen LogP contribution in [-0.4, -0.2) is 26.8 Å². The van der Waals surface area contributed by atoms with E-state index in [9.17, 15) is 14.0 Å². The Balaban J connectivity index is 1.44. The van der Waals surface area contributed by atoms with Crippen molar-refractivity contribution in [2.24, 2.45) is 5.92 Å². The maximum absolute atomic E-state index is 13.4. The number of fused-ring (bicyclic) bond motifs is 1. The van der Waals surface area contributed by atoms with E-state index in [0.29, 0.717) is 11.5 Å². The number of aromatic nitrogens is 3. The van der Waals surface area contributed by atoms with Crippen LogP contribution in [0.25, 0.3) is 22.0 Å². The molecule has 154 valence electrons. The molecule has 1 aliphatic carbocycles. The average molecular weight is 415 g/mol. The molecule has 1 aromatic carbocycles. The first kappa shape index (κ1) is 18.9. The van der Waals surface area contributed by atoms with Crippen LogP contribution in [0.5, 0.6) is 0 Å². The number of hydrogen-bond acceptors (Lipinski definition) is 4. The number of carbonyl (C=O) groups is 2. The van der Waals surface area contributed by atoms with E-state index >= 15 is 0 Å². The third-order valence-electron chi connectivity index (χ3n) is 5.20. The first-order valence-electron chi connectivity index (χ1n) is 9.88. The smallest absolute Gasteiger partial charge is 0.257 e. The summed E-state index contributed by atoms with van der Waals surface area (Å²) in [6.07, 6.45) is 7.70. The Morgan fingerprint density at radius 1 is 1.10 bits per heavy atom. The predicted molar refractivity (Wildman–Crippen MR) is 115 cm³/mol. The van der Waals surface area contributed by atoms with E-state index in [2.05, 4.69) is 25.6 Å². The Morgan fingerprint density at radius 3 is 2.77 bits per heavy atom. The highest BCUT2D eigenvalue weighted by atomic mass is 19.1. The van der Waals surface area contributed by atoms with Gasteiger partial charge in [0.05, 0.1) is 23.0 Å². The lowest BCUT2D eigenvalue weighted by molar-refractivity contribution is -0.117. The molecular formula is C23H18FN5O2. The maximum Gasteiger partial charge on any atom is 0.257 e. The van der Waals surface area contributed by atoms with Crippen molar-refractivity contribution in [1.82, 2.24) is 15.0 Å². The van der Waals surface area contributed by atoms with Gasteiger partial charge in [0.25, 0.3) is 5.91 Å². The van der Waals surface area contributed by atoms with E-state index in [1.54, 1.807) is 12.3 Å². The zero-order valence-electron chi connectivity index (χ0n) is 16.4. The second kappa shape index (κ2) is 7.64. The molecule has 1 saturated carbocycles. The Kier molecular flexibility index (Phi) is 4.66. The fourth-order valence-corrected chi connectivity index (χ4v) is 3.47. The van der Waals surface area contributed by atoms with Crippen molar-refractivity contribution in [2.75, 3.05) is 10.6 Å². The summed E-state index contributed by atoms with van der Waals surface area (Å²) in [4.78, 5) is 35.7. The highest BCUT2D eigenvalue weighted by molar-refractivity contribution is 6.10. The number of anilines is 2. The van der Waals surface area contributed by atoms with Crippen molar-refractivity contribution in [3.05, 3.63) is 72.6 Å². The normalized spacial score (nSPS) is 13.2. The monoisotopic (exact) mass is 415 g/mol. The van der Waals surface area contributed by atoms with Crippen LogP contribution in [0, 0.1) is 11.7 Å². The molecule has 0 aliphatic heterocycles. The number of nitrogens with one attached hydrogen (secondary N) is 3. The molecule has 1 fully saturated rings. The SMILES string of the molecule is O=C(Nc1cccc2c(-c3ccnc(NC(=O)C4CC4)c3)c[nH]c12)c1cncc(F)c1. The van der Waals surface area contributed by atoms with E-state index in [-0.39, 0.29) is 17.4 Å². The minimum atomic E-state index is -0.574. The first-order chi connectivity index (χ1) is 15.1. The largest absolute Gasteiger partial charge is 0.359 e. The average Bonchev–Trinajstić information content (AvgIpc) is 3.53. The van der Waals surface area contributed by atoms with Crippen LogP contribution in [0.2, 0.25) is 0 Å². The molecule has 3 heterocycles. The van der Waals surface area contributed by atoms with Gasteiger partial charge in [0.15, 0.2) is 0 Å². The lowest BCUT2D eigenvalue weighted by Crippen LogP contribution is -2.14. The second-order valence-electron chi connectivity index (χ2n) is 7.47. The fourth-order valence-electron chi connectivity index (χ4n) is 3.47. The number of rotatable bonds is 5. The van der Waals surface area contributed by atoms with Gasteiger partial charge in [-0.2, -0.15) is 0 Å². The standard InChI is InChI=1S/C23H18FN5O2/c24-16-8-15(10-25-11-16)23(31)28-19-3-1-2-17-18(12-27-21(17)19)14-6-7-26-20(9-14)29-22(30)13-4-5-13/h1-3,6-13,27H,4-5H2,(H,28,31)(H,26,29,30). The van der Waals surface area contributed by atoms with Gasteiger partial charge in [0.2, 0.25) is 5.91 Å². The Hall–Kier alpha value is -4.07. The molecule has 3 aromatic heterocycles. The third kappa shape index (κ3) is 3.87. The van der Waals surface area contributed by atoms with Gasteiger partial charge >= 0.3 is 0 Å². The summed E-state index contributed by atoms with van der Waals surface area (Å²) in [5.41, 5.74) is 3.21. The zero-order valence-corrected chi connectivity index (χ0v) is 16.4. The van der Waals surface area contributed by atoms with Crippen molar-refractivity contribution in [2.45, 2.75) is 12.8 Å². The first-order valence-corrected chi connectivity index (χ1v) is 9.88. The van der Waals surface area contributed by atoms with Crippen LogP contribution in [0.3, 0.4) is 0 Å². The van der Waals surface area contributed by atoms with Gasteiger partial charge in [-0.3, -0.25) is 14.6 Å². The molecule has 2 amide bonds. The predicted octanol–water partition coefficient (Wildman–Crippen LogP) is 4.36. The molecule has 0 atom stereocenters. The van der Waals surface area contributed by atoms with Crippen LogP contribution in [0.4, 0.5) is 15.9 Å². The summed E-state index contributed by atoms with van der Waals surface area (Å²) in [6.45, 7) is 0.